The summed E-state index contributed by atoms with van der Waals surface area (Å²) in [6, 6.07) is 20.8. The van der Waals surface area contributed by atoms with Crippen molar-refractivity contribution in [2.45, 2.75) is 6.42 Å². The molecule has 26 heavy (non-hydrogen) atoms. The van der Waals surface area contributed by atoms with Crippen LogP contribution in [0.1, 0.15) is 6.42 Å². The van der Waals surface area contributed by atoms with Crippen LogP contribution in [0.3, 0.4) is 0 Å². The summed E-state index contributed by atoms with van der Waals surface area (Å²) >= 11 is 5.90. The van der Waals surface area contributed by atoms with E-state index in [1.807, 2.05) is 42.5 Å². The van der Waals surface area contributed by atoms with E-state index in [4.69, 9.17) is 11.6 Å². The van der Waals surface area contributed by atoms with Crippen LogP contribution in [0.25, 0.3) is 10.8 Å². The number of nitrogens with one attached hydrogen (secondary N) is 1. The molecule has 3 aromatic carbocycles. The minimum Gasteiger partial charge on any atom is -0.325 e. The number of nitrogens with zero attached hydrogens (tertiary/aromatic N) is 1. The molecule has 4 nitrogen and oxygen atoms in total. The average molecular weight is 365 g/mol. The van der Waals surface area contributed by atoms with E-state index in [2.05, 4.69) is 5.32 Å². The highest BCUT2D eigenvalue weighted by atomic mass is 35.5. The fourth-order valence-electron chi connectivity index (χ4n) is 3.32. The molecule has 0 radical (unpaired) electrons. The van der Waals surface area contributed by atoms with Crippen molar-refractivity contribution in [3.63, 3.8) is 0 Å². The van der Waals surface area contributed by atoms with Gasteiger partial charge in [0.15, 0.2) is 0 Å². The van der Waals surface area contributed by atoms with E-state index < -0.39 is 0 Å². The minimum absolute atomic E-state index is 0.0506. The monoisotopic (exact) mass is 364 g/mol. The van der Waals surface area contributed by atoms with Gasteiger partial charge >= 0.3 is 0 Å². The highest BCUT2D eigenvalue weighted by molar-refractivity contribution is 6.30. The van der Waals surface area contributed by atoms with Gasteiger partial charge in [0.05, 0.1) is 5.92 Å². The molecule has 0 unspecified atom stereocenters. The molecular formula is C21H17ClN2O2. The third-order valence-corrected chi connectivity index (χ3v) is 4.93. The van der Waals surface area contributed by atoms with Crippen LogP contribution in [-0.2, 0) is 9.59 Å². The summed E-state index contributed by atoms with van der Waals surface area (Å²) in [7, 11) is 0. The Hall–Kier alpha value is -2.85. The van der Waals surface area contributed by atoms with Crippen molar-refractivity contribution >= 4 is 45.6 Å². The summed E-state index contributed by atoms with van der Waals surface area (Å²) in [6.45, 7) is 0.372. The average Bonchev–Trinajstić information content (AvgIpc) is 3.05. The van der Waals surface area contributed by atoms with Gasteiger partial charge in [-0.1, -0.05) is 48.0 Å². The van der Waals surface area contributed by atoms with Crippen LogP contribution in [0.5, 0.6) is 0 Å². The largest absolute Gasteiger partial charge is 0.325 e. The van der Waals surface area contributed by atoms with Crippen LogP contribution in [0, 0.1) is 5.92 Å². The smallest absolute Gasteiger partial charge is 0.229 e. The maximum Gasteiger partial charge on any atom is 0.229 e. The van der Waals surface area contributed by atoms with Gasteiger partial charge in [0.25, 0.3) is 0 Å². The molecule has 5 heteroatoms. The maximum absolute atomic E-state index is 12.7. The highest BCUT2D eigenvalue weighted by Gasteiger charge is 2.35. The van der Waals surface area contributed by atoms with Gasteiger partial charge in [-0.25, -0.2) is 0 Å². The number of carbonyl (C=O) groups excluding carboxylic acids is 2. The second-order valence-corrected chi connectivity index (χ2v) is 6.83. The first kappa shape index (κ1) is 16.6. The lowest BCUT2D eigenvalue weighted by Gasteiger charge is -2.17. The molecule has 1 saturated heterocycles. The van der Waals surface area contributed by atoms with Crippen LogP contribution in [0.15, 0.2) is 66.7 Å². The molecule has 1 atom stereocenters. The molecule has 1 fully saturated rings. The van der Waals surface area contributed by atoms with Gasteiger partial charge < -0.3 is 10.2 Å². The molecule has 1 N–H and O–H groups in total. The lowest BCUT2D eigenvalue weighted by molar-refractivity contribution is -0.122. The van der Waals surface area contributed by atoms with Gasteiger partial charge in [-0.15, -0.1) is 0 Å². The zero-order valence-electron chi connectivity index (χ0n) is 14.0. The maximum atomic E-state index is 12.7. The first-order valence-corrected chi connectivity index (χ1v) is 8.84. The van der Waals surface area contributed by atoms with Crippen LogP contribution >= 0.6 is 11.6 Å². The van der Waals surface area contributed by atoms with E-state index in [0.717, 1.165) is 22.1 Å². The van der Waals surface area contributed by atoms with Crippen LogP contribution < -0.4 is 10.2 Å². The molecule has 1 aliphatic heterocycles. The van der Waals surface area contributed by atoms with E-state index in [9.17, 15) is 9.59 Å². The van der Waals surface area contributed by atoms with Gasteiger partial charge in [0.2, 0.25) is 11.8 Å². The quantitative estimate of drug-likeness (QED) is 0.744. The van der Waals surface area contributed by atoms with Gasteiger partial charge in [-0.3, -0.25) is 9.59 Å². The molecule has 0 spiro atoms. The third kappa shape index (κ3) is 3.16. The summed E-state index contributed by atoms with van der Waals surface area (Å²) in [5.74, 6) is -0.561. The molecule has 3 aromatic rings. The Morgan fingerprint density at radius 2 is 1.73 bits per heavy atom. The van der Waals surface area contributed by atoms with Gasteiger partial charge in [-0.05, 0) is 35.7 Å². The standard InChI is InChI=1S/C21H17ClN2O2/c22-16-8-10-17(11-9-16)24-13-15(12-20(24)25)21(26)23-19-7-3-5-14-4-1-2-6-18(14)19/h1-11,15H,12-13H2,(H,23,26)/t15-/m1/s1. The lowest BCUT2D eigenvalue weighted by Crippen LogP contribution is -2.28. The SMILES string of the molecule is O=C(Nc1cccc2ccccc12)[C@@H]1CC(=O)N(c2ccc(Cl)cc2)C1. The highest BCUT2D eigenvalue weighted by Crippen LogP contribution is 2.28. The summed E-state index contributed by atoms with van der Waals surface area (Å²) in [4.78, 5) is 26.7. The normalized spacial score (nSPS) is 16.9. The number of benzene rings is 3. The zero-order chi connectivity index (χ0) is 18.1. The number of fused-ring (bicyclic) bond motifs is 1. The van der Waals surface area contributed by atoms with Crippen molar-refractivity contribution in [1.82, 2.24) is 0 Å². The number of carbonyl (C=O) groups is 2. The Balaban J connectivity index is 1.52. The van der Waals surface area contributed by atoms with Crippen LogP contribution in [0.4, 0.5) is 11.4 Å². The minimum atomic E-state index is -0.378. The molecule has 0 aromatic heterocycles. The molecule has 2 amide bonds. The van der Waals surface area contributed by atoms with Crippen molar-refractivity contribution in [2.75, 3.05) is 16.8 Å². The van der Waals surface area contributed by atoms with Crippen molar-refractivity contribution in [3.05, 3.63) is 71.8 Å². The van der Waals surface area contributed by atoms with E-state index in [1.54, 1.807) is 29.2 Å². The van der Waals surface area contributed by atoms with Crippen molar-refractivity contribution < 1.29 is 9.59 Å². The zero-order valence-corrected chi connectivity index (χ0v) is 14.7. The lowest BCUT2D eigenvalue weighted by atomic mass is 10.1. The molecule has 4 rings (SSSR count). The summed E-state index contributed by atoms with van der Waals surface area (Å²) < 4.78 is 0. The van der Waals surface area contributed by atoms with E-state index >= 15 is 0 Å². The van der Waals surface area contributed by atoms with Crippen LogP contribution in [0.2, 0.25) is 5.02 Å². The Morgan fingerprint density at radius 1 is 1.00 bits per heavy atom. The molecule has 0 bridgehead atoms. The first-order valence-electron chi connectivity index (χ1n) is 8.46. The Labute approximate surface area is 156 Å². The fourth-order valence-corrected chi connectivity index (χ4v) is 3.45. The number of anilines is 2. The predicted molar refractivity (Wildman–Crippen MR) is 104 cm³/mol. The van der Waals surface area contributed by atoms with Crippen LogP contribution in [-0.4, -0.2) is 18.4 Å². The predicted octanol–water partition coefficient (Wildman–Crippen LogP) is 4.48. The number of hydrogen-bond acceptors (Lipinski definition) is 2. The summed E-state index contributed by atoms with van der Waals surface area (Å²) in [5.41, 5.74) is 1.53. The number of rotatable bonds is 3. The molecular weight excluding hydrogens is 348 g/mol. The number of amides is 2. The Bertz CT molecular complexity index is 979. The second kappa shape index (κ2) is 6.81. The van der Waals surface area contributed by atoms with Crippen molar-refractivity contribution in [1.29, 1.82) is 0 Å². The van der Waals surface area contributed by atoms with Crippen molar-refractivity contribution in [3.8, 4) is 0 Å². The van der Waals surface area contributed by atoms with Gasteiger partial charge in [-0.2, -0.15) is 0 Å². The molecule has 1 aliphatic rings. The molecule has 1 heterocycles. The summed E-state index contributed by atoms with van der Waals surface area (Å²) in [6.07, 6.45) is 0.208. The van der Waals surface area contributed by atoms with E-state index in [1.165, 1.54) is 0 Å². The third-order valence-electron chi connectivity index (χ3n) is 4.68. The van der Waals surface area contributed by atoms with E-state index in [0.29, 0.717) is 11.6 Å². The van der Waals surface area contributed by atoms with Gasteiger partial charge in [0.1, 0.15) is 0 Å². The van der Waals surface area contributed by atoms with Gasteiger partial charge in [0, 0.05) is 34.7 Å². The molecule has 0 aliphatic carbocycles. The summed E-state index contributed by atoms with van der Waals surface area (Å²) in [5, 5.41) is 5.66. The Morgan fingerprint density at radius 3 is 2.54 bits per heavy atom. The molecule has 0 saturated carbocycles. The number of hydrogen-bond donors (Lipinski definition) is 1. The topological polar surface area (TPSA) is 49.4 Å². The van der Waals surface area contributed by atoms with Crippen molar-refractivity contribution in [2.24, 2.45) is 5.92 Å². The number of halogens is 1. The second-order valence-electron chi connectivity index (χ2n) is 6.40. The Kier molecular flexibility index (Phi) is 4.35. The fraction of sp³-hybridized carbons (Fsp3) is 0.143. The van der Waals surface area contributed by atoms with E-state index in [-0.39, 0.29) is 24.2 Å². The molecule has 130 valence electrons. The first-order chi connectivity index (χ1) is 12.6.